The molecule has 0 radical (unpaired) electrons. The first-order valence-corrected chi connectivity index (χ1v) is 6.00. The highest BCUT2D eigenvalue weighted by Crippen LogP contribution is 2.36. The highest BCUT2D eigenvalue weighted by molar-refractivity contribution is 6.42. The second-order valence-corrected chi connectivity index (χ2v) is 4.50. The molecule has 0 saturated heterocycles. The van der Waals surface area contributed by atoms with Crippen molar-refractivity contribution in [3.8, 4) is 0 Å². The molecule has 0 fully saturated rings. The van der Waals surface area contributed by atoms with E-state index in [9.17, 15) is 14.9 Å². The molecule has 1 rings (SSSR count). The third-order valence-electron chi connectivity index (χ3n) is 2.53. The first-order chi connectivity index (χ1) is 8.92. The molecule has 0 saturated carbocycles. The molecule has 5 nitrogen and oxygen atoms in total. The van der Waals surface area contributed by atoms with Crippen molar-refractivity contribution >= 4 is 34.9 Å². The largest absolute Gasteiger partial charge is 0.469 e. The highest BCUT2D eigenvalue weighted by atomic mass is 35.5. The van der Waals surface area contributed by atoms with Crippen LogP contribution in [0.3, 0.4) is 0 Å². The number of carbonyl (C=O) groups is 1. The van der Waals surface area contributed by atoms with Crippen molar-refractivity contribution in [2.24, 2.45) is 0 Å². The minimum absolute atomic E-state index is 0.0549. The van der Waals surface area contributed by atoms with Crippen molar-refractivity contribution in [2.75, 3.05) is 7.11 Å². The van der Waals surface area contributed by atoms with Crippen molar-refractivity contribution in [1.29, 1.82) is 0 Å². The molecule has 19 heavy (non-hydrogen) atoms. The molecule has 1 unspecified atom stereocenters. The Hall–Kier alpha value is -1.59. The van der Waals surface area contributed by atoms with Crippen molar-refractivity contribution in [2.45, 2.75) is 12.3 Å². The Bertz CT molecular complexity index is 531. The van der Waals surface area contributed by atoms with Crippen LogP contribution in [0.15, 0.2) is 24.8 Å². The standard InChI is InChI=1S/C12H11Cl2NO4/c1-3-4-7(12(16)19-2)8-5-9(13)10(14)6-11(8)15(17)18/h3,5-7H,1,4H2,2H3. The van der Waals surface area contributed by atoms with Crippen LogP contribution in [0.25, 0.3) is 0 Å². The highest BCUT2D eigenvalue weighted by Gasteiger charge is 2.29. The maximum Gasteiger partial charge on any atom is 0.313 e. The zero-order valence-electron chi connectivity index (χ0n) is 10.1. The number of halogens is 2. The van der Waals surface area contributed by atoms with Crippen LogP contribution in [0.2, 0.25) is 10.0 Å². The summed E-state index contributed by atoms with van der Waals surface area (Å²) < 4.78 is 4.64. The molecule has 1 atom stereocenters. The fourth-order valence-corrected chi connectivity index (χ4v) is 1.98. The number of nitro groups is 1. The minimum atomic E-state index is -0.835. The van der Waals surface area contributed by atoms with Gasteiger partial charge in [0.1, 0.15) is 0 Å². The summed E-state index contributed by atoms with van der Waals surface area (Å²) >= 11 is 11.6. The number of methoxy groups -OCH3 is 1. The van der Waals surface area contributed by atoms with Crippen LogP contribution >= 0.6 is 23.2 Å². The average molecular weight is 304 g/mol. The number of nitrogens with zero attached hydrogens (tertiary/aromatic N) is 1. The summed E-state index contributed by atoms with van der Waals surface area (Å²) in [6, 6.07) is 2.44. The van der Waals surface area contributed by atoms with E-state index >= 15 is 0 Å². The second kappa shape index (κ2) is 6.54. The molecule has 7 heteroatoms. The van der Waals surface area contributed by atoms with Gasteiger partial charge in [-0.25, -0.2) is 0 Å². The summed E-state index contributed by atoms with van der Waals surface area (Å²) in [5, 5.41) is 11.2. The van der Waals surface area contributed by atoms with E-state index in [2.05, 4.69) is 11.3 Å². The quantitative estimate of drug-likeness (QED) is 0.360. The normalized spacial score (nSPS) is 11.7. The van der Waals surface area contributed by atoms with Crippen LogP contribution in [-0.2, 0) is 9.53 Å². The first kappa shape index (κ1) is 15.5. The Morgan fingerprint density at radius 1 is 1.53 bits per heavy atom. The Morgan fingerprint density at radius 3 is 2.58 bits per heavy atom. The molecule has 0 amide bonds. The monoisotopic (exact) mass is 303 g/mol. The number of rotatable bonds is 5. The Morgan fingerprint density at radius 2 is 2.11 bits per heavy atom. The molecule has 0 spiro atoms. The van der Waals surface area contributed by atoms with Crippen LogP contribution in [0.1, 0.15) is 17.9 Å². The lowest BCUT2D eigenvalue weighted by Gasteiger charge is -2.14. The van der Waals surface area contributed by atoms with Gasteiger partial charge in [0.25, 0.3) is 5.69 Å². The van der Waals surface area contributed by atoms with Gasteiger partial charge in [0.05, 0.1) is 28.0 Å². The molecule has 0 aliphatic heterocycles. The third kappa shape index (κ3) is 3.45. The molecule has 102 valence electrons. The van der Waals surface area contributed by atoms with Gasteiger partial charge >= 0.3 is 5.97 Å². The van der Waals surface area contributed by atoms with Crippen molar-refractivity contribution in [1.82, 2.24) is 0 Å². The second-order valence-electron chi connectivity index (χ2n) is 3.68. The molecule has 1 aromatic rings. The number of esters is 1. The van der Waals surface area contributed by atoms with Gasteiger partial charge in [-0.1, -0.05) is 29.3 Å². The lowest BCUT2D eigenvalue weighted by molar-refractivity contribution is -0.385. The lowest BCUT2D eigenvalue weighted by Crippen LogP contribution is -2.15. The van der Waals surface area contributed by atoms with Crippen LogP contribution in [-0.4, -0.2) is 18.0 Å². The van der Waals surface area contributed by atoms with E-state index in [-0.39, 0.29) is 27.7 Å². The van der Waals surface area contributed by atoms with Crippen LogP contribution in [0.5, 0.6) is 0 Å². The topological polar surface area (TPSA) is 69.4 Å². The fraction of sp³-hybridized carbons (Fsp3) is 0.250. The number of allylic oxidation sites excluding steroid dienone is 1. The van der Waals surface area contributed by atoms with E-state index in [1.165, 1.54) is 19.3 Å². The predicted octanol–water partition coefficient (Wildman–Crippen LogP) is 3.73. The molecule has 0 bridgehead atoms. The number of nitro benzene ring substituents is 1. The minimum Gasteiger partial charge on any atom is -0.469 e. The molecule has 0 aromatic heterocycles. The Labute approximate surface area is 119 Å². The molecular weight excluding hydrogens is 293 g/mol. The maximum absolute atomic E-state index is 11.7. The first-order valence-electron chi connectivity index (χ1n) is 5.24. The maximum atomic E-state index is 11.7. The summed E-state index contributed by atoms with van der Waals surface area (Å²) in [6.45, 7) is 3.52. The zero-order chi connectivity index (χ0) is 14.6. The van der Waals surface area contributed by atoms with E-state index < -0.39 is 16.8 Å². The van der Waals surface area contributed by atoms with E-state index in [4.69, 9.17) is 23.2 Å². The number of carbonyl (C=O) groups excluding carboxylic acids is 1. The van der Waals surface area contributed by atoms with E-state index in [0.717, 1.165) is 6.07 Å². The molecule has 0 aliphatic rings. The Kier molecular flexibility index (Phi) is 5.32. The van der Waals surface area contributed by atoms with Gasteiger partial charge in [-0.15, -0.1) is 6.58 Å². The molecule has 1 aromatic carbocycles. The predicted molar refractivity (Wildman–Crippen MR) is 72.7 cm³/mol. The third-order valence-corrected chi connectivity index (χ3v) is 3.25. The van der Waals surface area contributed by atoms with Crippen LogP contribution in [0.4, 0.5) is 5.69 Å². The summed E-state index contributed by atoms with van der Waals surface area (Å²) in [4.78, 5) is 22.1. The fourth-order valence-electron chi connectivity index (χ4n) is 1.65. The molecule has 0 N–H and O–H groups in total. The van der Waals surface area contributed by atoms with E-state index in [1.54, 1.807) is 0 Å². The zero-order valence-corrected chi connectivity index (χ0v) is 11.6. The average Bonchev–Trinajstić information content (AvgIpc) is 2.37. The lowest BCUT2D eigenvalue weighted by atomic mass is 9.94. The number of hydrogen-bond acceptors (Lipinski definition) is 4. The van der Waals surface area contributed by atoms with Crippen LogP contribution in [0, 0.1) is 10.1 Å². The summed E-state index contributed by atoms with van der Waals surface area (Å²) in [7, 11) is 1.21. The molecular formula is C12H11Cl2NO4. The van der Waals surface area contributed by atoms with Crippen molar-refractivity contribution in [3.63, 3.8) is 0 Å². The van der Waals surface area contributed by atoms with Gasteiger partial charge in [-0.3, -0.25) is 14.9 Å². The summed E-state index contributed by atoms with van der Waals surface area (Å²) in [5.74, 6) is -1.43. The van der Waals surface area contributed by atoms with E-state index in [1.807, 2.05) is 0 Å². The number of benzene rings is 1. The van der Waals surface area contributed by atoms with Gasteiger partial charge in [0, 0.05) is 11.6 Å². The van der Waals surface area contributed by atoms with Crippen molar-refractivity contribution in [3.05, 3.63) is 50.5 Å². The van der Waals surface area contributed by atoms with E-state index in [0.29, 0.717) is 0 Å². The van der Waals surface area contributed by atoms with Gasteiger partial charge in [0.15, 0.2) is 0 Å². The Balaban J connectivity index is 3.43. The van der Waals surface area contributed by atoms with Gasteiger partial charge in [0.2, 0.25) is 0 Å². The smallest absolute Gasteiger partial charge is 0.313 e. The number of hydrogen-bond donors (Lipinski definition) is 0. The SMILES string of the molecule is C=CCC(C(=O)OC)c1cc(Cl)c(Cl)cc1[N+](=O)[O-]. The van der Waals surface area contributed by atoms with Gasteiger partial charge < -0.3 is 4.74 Å². The molecule has 0 heterocycles. The van der Waals surface area contributed by atoms with Gasteiger partial charge in [-0.05, 0) is 12.5 Å². The summed E-state index contributed by atoms with van der Waals surface area (Å²) in [6.07, 6.45) is 1.68. The van der Waals surface area contributed by atoms with Crippen LogP contribution < -0.4 is 0 Å². The number of ether oxygens (including phenoxy) is 1. The summed E-state index contributed by atoms with van der Waals surface area (Å²) in [5.41, 5.74) is -0.113. The molecule has 0 aliphatic carbocycles. The van der Waals surface area contributed by atoms with Crippen molar-refractivity contribution < 1.29 is 14.5 Å². The van der Waals surface area contributed by atoms with Gasteiger partial charge in [-0.2, -0.15) is 0 Å².